The number of hydrogen-bond donors (Lipinski definition) is 0. The molecule has 6 nitrogen and oxygen atoms in total. The highest BCUT2D eigenvalue weighted by Gasteiger charge is 2.24. The summed E-state index contributed by atoms with van der Waals surface area (Å²) in [6.07, 6.45) is 2.08. The summed E-state index contributed by atoms with van der Waals surface area (Å²) >= 11 is 0. The van der Waals surface area contributed by atoms with Crippen LogP contribution in [0.15, 0.2) is 88.3 Å². The number of aryl methyl sites for hydroxylation is 1. The molecule has 0 unspecified atom stereocenters. The summed E-state index contributed by atoms with van der Waals surface area (Å²) in [5.41, 5.74) is 2.64. The van der Waals surface area contributed by atoms with Gasteiger partial charge in [0.15, 0.2) is 5.43 Å². The SMILES string of the molecule is Cc1ccc2occ(CN(Cc3ccccc3)C(=O)CN(CCC(C)C)C(=O)c3cccc(F)c3)c(=O)c2c1. The van der Waals surface area contributed by atoms with Crippen LogP contribution < -0.4 is 5.43 Å². The Morgan fingerprint density at radius 1 is 0.923 bits per heavy atom. The summed E-state index contributed by atoms with van der Waals surface area (Å²) in [7, 11) is 0. The number of hydrogen-bond acceptors (Lipinski definition) is 4. The van der Waals surface area contributed by atoms with E-state index in [0.29, 0.717) is 35.4 Å². The fourth-order valence-corrected chi connectivity index (χ4v) is 4.37. The molecule has 0 saturated carbocycles. The van der Waals surface area contributed by atoms with Crippen molar-refractivity contribution in [1.29, 1.82) is 0 Å². The van der Waals surface area contributed by atoms with E-state index in [1.54, 1.807) is 23.1 Å². The van der Waals surface area contributed by atoms with Crippen LogP contribution in [0.3, 0.4) is 0 Å². The van der Waals surface area contributed by atoms with Crippen LogP contribution in [0.5, 0.6) is 0 Å². The van der Waals surface area contributed by atoms with Crippen LogP contribution >= 0.6 is 0 Å². The zero-order chi connectivity index (χ0) is 27.9. The lowest BCUT2D eigenvalue weighted by atomic mass is 10.1. The molecule has 3 aromatic carbocycles. The molecule has 202 valence electrons. The zero-order valence-electron chi connectivity index (χ0n) is 22.5. The average molecular weight is 529 g/mol. The zero-order valence-corrected chi connectivity index (χ0v) is 22.5. The molecule has 0 aliphatic heterocycles. The van der Waals surface area contributed by atoms with Gasteiger partial charge in [-0.25, -0.2) is 4.39 Å². The molecule has 1 heterocycles. The van der Waals surface area contributed by atoms with E-state index in [0.717, 1.165) is 11.1 Å². The number of rotatable bonds is 10. The normalized spacial score (nSPS) is 11.1. The Kier molecular flexibility index (Phi) is 8.92. The van der Waals surface area contributed by atoms with Crippen LogP contribution in [-0.2, 0) is 17.9 Å². The molecule has 0 atom stereocenters. The summed E-state index contributed by atoms with van der Waals surface area (Å²) in [4.78, 5) is 43.4. The quantitative estimate of drug-likeness (QED) is 0.255. The molecular formula is C32H33FN2O4. The highest BCUT2D eigenvalue weighted by molar-refractivity contribution is 5.96. The second-order valence-corrected chi connectivity index (χ2v) is 10.2. The van der Waals surface area contributed by atoms with Gasteiger partial charge in [-0.05, 0) is 55.2 Å². The van der Waals surface area contributed by atoms with Crippen LogP contribution in [-0.4, -0.2) is 34.7 Å². The Bertz CT molecular complexity index is 1510. The van der Waals surface area contributed by atoms with Crippen LogP contribution in [0.4, 0.5) is 4.39 Å². The van der Waals surface area contributed by atoms with E-state index in [1.807, 2.05) is 57.2 Å². The second-order valence-electron chi connectivity index (χ2n) is 10.2. The van der Waals surface area contributed by atoms with E-state index >= 15 is 0 Å². The smallest absolute Gasteiger partial charge is 0.254 e. The second kappa shape index (κ2) is 12.5. The summed E-state index contributed by atoms with van der Waals surface area (Å²) in [5.74, 6) is -0.950. The van der Waals surface area contributed by atoms with Crippen molar-refractivity contribution in [3.8, 4) is 0 Å². The van der Waals surface area contributed by atoms with Crippen molar-refractivity contribution in [1.82, 2.24) is 9.80 Å². The van der Waals surface area contributed by atoms with E-state index in [4.69, 9.17) is 4.42 Å². The Morgan fingerprint density at radius 3 is 2.41 bits per heavy atom. The molecule has 0 radical (unpaired) electrons. The molecule has 0 bridgehead atoms. The van der Waals surface area contributed by atoms with E-state index in [9.17, 15) is 18.8 Å². The van der Waals surface area contributed by atoms with E-state index in [-0.39, 0.29) is 36.5 Å². The van der Waals surface area contributed by atoms with Gasteiger partial charge in [0.05, 0.1) is 23.8 Å². The third-order valence-corrected chi connectivity index (χ3v) is 6.59. The molecular weight excluding hydrogens is 495 g/mol. The monoisotopic (exact) mass is 528 g/mol. The minimum Gasteiger partial charge on any atom is -0.464 e. The van der Waals surface area contributed by atoms with E-state index in [1.165, 1.54) is 29.4 Å². The lowest BCUT2D eigenvalue weighted by Gasteiger charge is -2.28. The van der Waals surface area contributed by atoms with Crippen LogP contribution in [0.2, 0.25) is 0 Å². The number of nitrogens with zero attached hydrogens (tertiary/aromatic N) is 2. The highest BCUT2D eigenvalue weighted by Crippen LogP contribution is 2.17. The molecule has 4 rings (SSSR count). The number of halogens is 1. The first-order valence-corrected chi connectivity index (χ1v) is 13.1. The van der Waals surface area contributed by atoms with E-state index in [2.05, 4.69) is 0 Å². The fourth-order valence-electron chi connectivity index (χ4n) is 4.37. The first-order valence-electron chi connectivity index (χ1n) is 13.1. The molecule has 4 aromatic rings. The van der Waals surface area contributed by atoms with Crippen molar-refractivity contribution in [2.75, 3.05) is 13.1 Å². The minimum absolute atomic E-state index is 0.0200. The van der Waals surface area contributed by atoms with Crippen molar-refractivity contribution < 1.29 is 18.4 Å². The van der Waals surface area contributed by atoms with Gasteiger partial charge in [0.2, 0.25) is 5.91 Å². The molecule has 0 aliphatic carbocycles. The van der Waals surface area contributed by atoms with Crippen molar-refractivity contribution >= 4 is 22.8 Å². The fraction of sp³-hybridized carbons (Fsp3) is 0.281. The average Bonchev–Trinajstić information content (AvgIpc) is 2.92. The summed E-state index contributed by atoms with van der Waals surface area (Å²) in [5, 5.41) is 0.458. The first-order chi connectivity index (χ1) is 18.7. The van der Waals surface area contributed by atoms with E-state index < -0.39 is 11.7 Å². The van der Waals surface area contributed by atoms with Gasteiger partial charge in [0.25, 0.3) is 5.91 Å². The molecule has 39 heavy (non-hydrogen) atoms. The molecule has 7 heteroatoms. The first kappa shape index (κ1) is 27.8. The number of amides is 2. The molecule has 0 spiro atoms. The maximum atomic E-state index is 13.9. The Balaban J connectivity index is 1.64. The van der Waals surface area contributed by atoms with Gasteiger partial charge in [0.1, 0.15) is 17.9 Å². The number of fused-ring (bicyclic) bond motifs is 1. The maximum absolute atomic E-state index is 13.9. The van der Waals surface area contributed by atoms with Gasteiger partial charge >= 0.3 is 0 Å². The third kappa shape index (κ3) is 7.19. The molecule has 0 aliphatic rings. The van der Waals surface area contributed by atoms with Gasteiger partial charge < -0.3 is 14.2 Å². The minimum atomic E-state index is -0.514. The summed E-state index contributed by atoms with van der Waals surface area (Å²) in [6, 6.07) is 20.3. The number of benzene rings is 3. The predicted molar refractivity (Wildman–Crippen MR) is 150 cm³/mol. The summed E-state index contributed by atoms with van der Waals surface area (Å²) < 4.78 is 19.6. The molecule has 2 amide bonds. The largest absolute Gasteiger partial charge is 0.464 e. The molecule has 0 N–H and O–H groups in total. The lowest BCUT2D eigenvalue weighted by molar-refractivity contribution is -0.133. The van der Waals surface area contributed by atoms with Crippen molar-refractivity contribution in [2.45, 2.75) is 40.3 Å². The number of carbonyl (C=O) groups excluding carboxylic acids is 2. The molecule has 1 aromatic heterocycles. The highest BCUT2D eigenvalue weighted by atomic mass is 19.1. The van der Waals surface area contributed by atoms with Gasteiger partial charge in [0, 0.05) is 18.7 Å². The van der Waals surface area contributed by atoms with Gasteiger partial charge in [-0.3, -0.25) is 14.4 Å². The number of carbonyl (C=O) groups is 2. The lowest BCUT2D eigenvalue weighted by Crippen LogP contribution is -2.43. The summed E-state index contributed by atoms with van der Waals surface area (Å²) in [6.45, 7) is 6.38. The Hall–Kier alpha value is -4.26. The van der Waals surface area contributed by atoms with Gasteiger partial charge in [-0.2, -0.15) is 0 Å². The van der Waals surface area contributed by atoms with Crippen LogP contribution in [0.25, 0.3) is 11.0 Å². The van der Waals surface area contributed by atoms with Gasteiger partial charge in [-0.1, -0.05) is 61.9 Å². The van der Waals surface area contributed by atoms with Gasteiger partial charge in [-0.15, -0.1) is 0 Å². The van der Waals surface area contributed by atoms with Crippen molar-refractivity contribution in [3.05, 3.63) is 117 Å². The van der Waals surface area contributed by atoms with Crippen LogP contribution in [0.1, 0.15) is 47.3 Å². The van der Waals surface area contributed by atoms with Crippen molar-refractivity contribution in [3.63, 3.8) is 0 Å². The molecule has 0 saturated heterocycles. The standard InChI is InChI=1S/C32H33FN2O4/c1-22(2)14-15-34(32(38)25-10-7-11-27(33)17-25)20-30(36)35(18-24-8-5-4-6-9-24)19-26-21-39-29-13-12-23(3)16-28(29)31(26)37/h4-13,16-17,21-22H,14-15,18-20H2,1-3H3. The molecule has 0 fully saturated rings. The maximum Gasteiger partial charge on any atom is 0.254 e. The predicted octanol–water partition coefficient (Wildman–Crippen LogP) is 5.96. The topological polar surface area (TPSA) is 70.8 Å². The van der Waals surface area contributed by atoms with Crippen LogP contribution in [0, 0.1) is 18.7 Å². The Morgan fingerprint density at radius 2 is 1.69 bits per heavy atom. The van der Waals surface area contributed by atoms with Crippen molar-refractivity contribution in [2.24, 2.45) is 5.92 Å². The third-order valence-electron chi connectivity index (χ3n) is 6.59. The Labute approximate surface area is 227 Å².